The van der Waals surface area contributed by atoms with Crippen LogP contribution in [0.25, 0.3) is 16.6 Å². The molecule has 1 heterocycles. The number of alkyl carbamates (subject to hydrolysis) is 1. The normalized spacial score (nSPS) is 12.6. The van der Waals surface area contributed by atoms with Crippen LogP contribution in [-0.2, 0) is 4.74 Å². The van der Waals surface area contributed by atoms with E-state index in [0.29, 0.717) is 0 Å². The third kappa shape index (κ3) is 4.29. The van der Waals surface area contributed by atoms with Crippen molar-refractivity contribution in [2.75, 3.05) is 0 Å². The SMILES string of the molecule is C[C@H](NC(=O)OC(C)(C)C)c1nc2c(F)ccc(F)c2c(=O)n1-c1cccc(F)c1. The zero-order valence-corrected chi connectivity index (χ0v) is 16.8. The fraction of sp³-hybridized carbons (Fsp3) is 0.286. The maximum atomic E-state index is 14.3. The number of fused-ring (bicyclic) bond motifs is 1. The Morgan fingerprint density at radius 1 is 1.13 bits per heavy atom. The van der Waals surface area contributed by atoms with Crippen LogP contribution in [0, 0.1) is 17.5 Å². The third-order valence-corrected chi connectivity index (χ3v) is 4.14. The molecule has 0 fully saturated rings. The molecule has 0 saturated carbocycles. The largest absolute Gasteiger partial charge is 0.444 e. The molecule has 158 valence electrons. The van der Waals surface area contributed by atoms with E-state index < -0.39 is 51.6 Å². The molecule has 2 aromatic carbocycles. The Bertz CT molecular complexity index is 1190. The molecule has 0 unspecified atom stereocenters. The van der Waals surface area contributed by atoms with Gasteiger partial charge in [-0.05, 0) is 58.0 Å². The molecule has 30 heavy (non-hydrogen) atoms. The molecule has 3 rings (SSSR count). The molecule has 0 radical (unpaired) electrons. The molecule has 3 aromatic rings. The second-order valence-electron chi connectivity index (χ2n) is 7.71. The number of aromatic nitrogens is 2. The van der Waals surface area contributed by atoms with Gasteiger partial charge in [0.05, 0.1) is 11.7 Å². The van der Waals surface area contributed by atoms with Crippen molar-refractivity contribution in [1.29, 1.82) is 0 Å². The van der Waals surface area contributed by atoms with Gasteiger partial charge in [-0.25, -0.2) is 22.9 Å². The van der Waals surface area contributed by atoms with Crippen LogP contribution in [0.3, 0.4) is 0 Å². The first-order valence-electron chi connectivity index (χ1n) is 9.14. The summed E-state index contributed by atoms with van der Waals surface area (Å²) in [5.74, 6) is -2.62. The van der Waals surface area contributed by atoms with E-state index in [0.717, 1.165) is 22.8 Å². The maximum absolute atomic E-state index is 14.3. The van der Waals surface area contributed by atoms with Gasteiger partial charge in [0.25, 0.3) is 5.56 Å². The summed E-state index contributed by atoms with van der Waals surface area (Å²) >= 11 is 0. The average Bonchev–Trinajstić information content (AvgIpc) is 2.62. The van der Waals surface area contributed by atoms with E-state index in [1.807, 2.05) is 0 Å². The number of nitrogens with zero attached hydrogens (tertiary/aromatic N) is 2. The van der Waals surface area contributed by atoms with Crippen molar-refractivity contribution < 1.29 is 22.7 Å². The fourth-order valence-corrected chi connectivity index (χ4v) is 2.94. The summed E-state index contributed by atoms with van der Waals surface area (Å²) < 4.78 is 48.6. The predicted octanol–water partition coefficient (Wildman–Crippen LogP) is 4.39. The number of amides is 1. The number of hydrogen-bond donors (Lipinski definition) is 1. The molecule has 6 nitrogen and oxygen atoms in total. The van der Waals surface area contributed by atoms with Crippen LogP contribution in [0.4, 0.5) is 18.0 Å². The number of hydrogen-bond acceptors (Lipinski definition) is 4. The van der Waals surface area contributed by atoms with Crippen molar-refractivity contribution in [1.82, 2.24) is 14.9 Å². The van der Waals surface area contributed by atoms with Crippen LogP contribution in [-0.4, -0.2) is 21.2 Å². The van der Waals surface area contributed by atoms with Gasteiger partial charge >= 0.3 is 6.09 Å². The monoisotopic (exact) mass is 419 g/mol. The Kier molecular flexibility index (Phi) is 5.56. The highest BCUT2D eigenvalue weighted by Gasteiger charge is 2.24. The summed E-state index contributed by atoms with van der Waals surface area (Å²) in [6, 6.07) is 5.72. The number of ether oxygens (including phenoxy) is 1. The average molecular weight is 419 g/mol. The minimum absolute atomic E-state index is 0.0471. The molecular formula is C21H20F3N3O3. The standard InChI is InChI=1S/C21H20F3N3O3/c1-11(25-20(29)30-21(2,3)4)18-26-17-15(24)9-8-14(23)16(17)19(28)27(18)13-7-5-6-12(22)10-13/h5-11H,1-4H3,(H,25,29)/t11-/m0/s1. The van der Waals surface area contributed by atoms with E-state index >= 15 is 0 Å². The lowest BCUT2D eigenvalue weighted by atomic mass is 10.2. The number of nitrogens with one attached hydrogen (secondary N) is 1. The molecule has 0 aliphatic carbocycles. The number of halogens is 3. The quantitative estimate of drug-likeness (QED) is 0.684. The molecule has 0 saturated heterocycles. The van der Waals surface area contributed by atoms with Crippen LogP contribution in [0.5, 0.6) is 0 Å². The van der Waals surface area contributed by atoms with Gasteiger partial charge < -0.3 is 10.1 Å². The second kappa shape index (κ2) is 7.81. The summed E-state index contributed by atoms with van der Waals surface area (Å²) in [5, 5.41) is 1.93. The van der Waals surface area contributed by atoms with Gasteiger partial charge in [0.2, 0.25) is 0 Å². The molecule has 0 bridgehead atoms. The van der Waals surface area contributed by atoms with Crippen molar-refractivity contribution in [3.63, 3.8) is 0 Å². The zero-order chi connectivity index (χ0) is 22.2. The van der Waals surface area contributed by atoms with Crippen molar-refractivity contribution in [3.8, 4) is 5.69 Å². The fourth-order valence-electron chi connectivity index (χ4n) is 2.94. The van der Waals surface area contributed by atoms with Gasteiger partial charge in [-0.3, -0.25) is 9.36 Å². The van der Waals surface area contributed by atoms with Crippen LogP contribution >= 0.6 is 0 Å². The first kappa shape index (κ1) is 21.4. The van der Waals surface area contributed by atoms with E-state index in [-0.39, 0.29) is 11.5 Å². The lowest BCUT2D eigenvalue weighted by molar-refractivity contribution is 0.0505. The molecule has 0 aliphatic heterocycles. The van der Waals surface area contributed by atoms with E-state index in [1.165, 1.54) is 25.1 Å². The Morgan fingerprint density at radius 2 is 1.80 bits per heavy atom. The first-order chi connectivity index (χ1) is 14.0. The van der Waals surface area contributed by atoms with Crippen molar-refractivity contribution in [2.45, 2.75) is 39.3 Å². The maximum Gasteiger partial charge on any atom is 0.408 e. The lowest BCUT2D eigenvalue weighted by Crippen LogP contribution is -2.37. The van der Waals surface area contributed by atoms with Crippen LogP contribution < -0.4 is 10.9 Å². The van der Waals surface area contributed by atoms with E-state index in [1.54, 1.807) is 20.8 Å². The number of carbonyl (C=O) groups is 1. The van der Waals surface area contributed by atoms with Gasteiger partial charge in [-0.2, -0.15) is 0 Å². The first-order valence-corrected chi connectivity index (χ1v) is 9.14. The highest BCUT2D eigenvalue weighted by Crippen LogP contribution is 2.22. The minimum atomic E-state index is -0.964. The second-order valence-corrected chi connectivity index (χ2v) is 7.71. The summed E-state index contributed by atoms with van der Waals surface area (Å²) in [5.41, 5.74) is -2.15. The molecule has 0 aliphatic rings. The Morgan fingerprint density at radius 3 is 2.43 bits per heavy atom. The van der Waals surface area contributed by atoms with Crippen molar-refractivity contribution in [3.05, 3.63) is 70.0 Å². The molecular weight excluding hydrogens is 399 g/mol. The third-order valence-electron chi connectivity index (χ3n) is 4.14. The molecule has 0 spiro atoms. The highest BCUT2D eigenvalue weighted by atomic mass is 19.1. The van der Waals surface area contributed by atoms with Crippen LogP contribution in [0.15, 0.2) is 41.2 Å². The molecule has 1 atom stereocenters. The lowest BCUT2D eigenvalue weighted by Gasteiger charge is -2.23. The van der Waals surface area contributed by atoms with Gasteiger partial charge in [-0.15, -0.1) is 0 Å². The van der Waals surface area contributed by atoms with Crippen molar-refractivity contribution >= 4 is 17.0 Å². The Hall–Kier alpha value is -3.36. The number of benzene rings is 2. The Labute approximate surface area is 170 Å². The topological polar surface area (TPSA) is 73.2 Å². The predicted molar refractivity (Wildman–Crippen MR) is 105 cm³/mol. The summed E-state index contributed by atoms with van der Waals surface area (Å²) in [6.07, 6.45) is -0.796. The molecule has 1 aromatic heterocycles. The van der Waals surface area contributed by atoms with Crippen molar-refractivity contribution in [2.24, 2.45) is 0 Å². The summed E-state index contributed by atoms with van der Waals surface area (Å²) in [7, 11) is 0. The van der Waals surface area contributed by atoms with Gasteiger partial charge in [-0.1, -0.05) is 6.07 Å². The van der Waals surface area contributed by atoms with E-state index in [2.05, 4.69) is 10.3 Å². The summed E-state index contributed by atoms with van der Waals surface area (Å²) in [6.45, 7) is 6.51. The van der Waals surface area contributed by atoms with Crippen LogP contribution in [0.1, 0.15) is 39.6 Å². The highest BCUT2D eigenvalue weighted by molar-refractivity contribution is 5.79. The number of rotatable bonds is 3. The van der Waals surface area contributed by atoms with Crippen LogP contribution in [0.2, 0.25) is 0 Å². The zero-order valence-electron chi connectivity index (χ0n) is 16.8. The summed E-state index contributed by atoms with van der Waals surface area (Å²) in [4.78, 5) is 29.4. The molecule has 1 N–H and O–H groups in total. The van der Waals surface area contributed by atoms with Gasteiger partial charge in [0, 0.05) is 0 Å². The van der Waals surface area contributed by atoms with E-state index in [4.69, 9.17) is 4.74 Å². The Balaban J connectivity index is 2.23. The number of carbonyl (C=O) groups excluding carboxylic acids is 1. The van der Waals surface area contributed by atoms with E-state index in [9.17, 15) is 22.8 Å². The van der Waals surface area contributed by atoms with Gasteiger partial charge in [0.15, 0.2) is 0 Å². The smallest absolute Gasteiger partial charge is 0.408 e. The van der Waals surface area contributed by atoms with Gasteiger partial charge in [0.1, 0.15) is 39.8 Å². The molecule has 1 amide bonds. The molecule has 9 heteroatoms. The minimum Gasteiger partial charge on any atom is -0.444 e.